The fraction of sp³-hybridized carbons (Fsp3) is 0.214. The van der Waals surface area contributed by atoms with E-state index in [9.17, 15) is 9.18 Å². The van der Waals surface area contributed by atoms with E-state index < -0.39 is 11.8 Å². The summed E-state index contributed by atoms with van der Waals surface area (Å²) >= 11 is 0. The van der Waals surface area contributed by atoms with Crippen molar-refractivity contribution >= 4 is 17.0 Å². The second kappa shape index (κ2) is 4.69. The van der Waals surface area contributed by atoms with Gasteiger partial charge < -0.3 is 10.1 Å². The highest BCUT2D eigenvalue weighted by molar-refractivity contribution is 5.93. The molecule has 0 aliphatic rings. The molecule has 0 bridgehead atoms. The third kappa shape index (κ3) is 2.16. The summed E-state index contributed by atoms with van der Waals surface area (Å²) in [6.45, 7) is 1.98. The van der Waals surface area contributed by atoms with Gasteiger partial charge in [-0.15, -0.1) is 0 Å². The number of hydrogen-bond donors (Lipinski definition) is 2. The van der Waals surface area contributed by atoms with Gasteiger partial charge in [0.05, 0.1) is 27.9 Å². The summed E-state index contributed by atoms with van der Waals surface area (Å²) < 4.78 is 15.4. The lowest BCUT2D eigenvalue weighted by molar-refractivity contribution is 0.0692. The predicted molar refractivity (Wildman–Crippen MR) is 74.6 cm³/mol. The first-order valence-electron chi connectivity index (χ1n) is 6.45. The zero-order valence-electron chi connectivity index (χ0n) is 11.5. The number of nitrogens with one attached hydrogen (secondary N) is 1. The normalized spacial score (nSPS) is 11.2. The number of halogens is 1. The average molecular weight is 288 g/mol. The first kappa shape index (κ1) is 13.3. The largest absolute Gasteiger partial charge is 0.478 e. The molecule has 7 heteroatoms. The Morgan fingerprint density at radius 3 is 2.90 bits per heavy atom. The van der Waals surface area contributed by atoms with Gasteiger partial charge in [0.1, 0.15) is 11.6 Å². The second-order valence-electron chi connectivity index (χ2n) is 4.76. The Hall–Kier alpha value is -2.70. The zero-order valence-corrected chi connectivity index (χ0v) is 11.5. The first-order valence-corrected chi connectivity index (χ1v) is 6.45. The molecule has 2 aromatic heterocycles. The quantitative estimate of drug-likeness (QED) is 0.775. The number of benzene rings is 1. The van der Waals surface area contributed by atoms with Crippen LogP contribution in [0.5, 0.6) is 0 Å². The third-order valence-electron chi connectivity index (χ3n) is 3.30. The lowest BCUT2D eigenvalue weighted by Gasteiger charge is -1.95. The van der Waals surface area contributed by atoms with Gasteiger partial charge in [0.2, 0.25) is 0 Å². The van der Waals surface area contributed by atoms with Gasteiger partial charge in [-0.3, -0.25) is 4.68 Å². The summed E-state index contributed by atoms with van der Waals surface area (Å²) in [5, 5.41) is 13.3. The van der Waals surface area contributed by atoms with Crippen LogP contribution in [0.4, 0.5) is 4.39 Å². The van der Waals surface area contributed by atoms with E-state index in [1.54, 1.807) is 4.68 Å². The molecular weight excluding hydrogens is 275 g/mol. The summed E-state index contributed by atoms with van der Waals surface area (Å²) in [6, 6.07) is 2.38. The second-order valence-corrected chi connectivity index (χ2v) is 4.76. The molecule has 0 amide bonds. The summed E-state index contributed by atoms with van der Waals surface area (Å²) in [5.41, 5.74) is 2.18. The van der Waals surface area contributed by atoms with Crippen molar-refractivity contribution < 1.29 is 14.3 Å². The van der Waals surface area contributed by atoms with Crippen LogP contribution in [-0.4, -0.2) is 30.8 Å². The number of nitrogens with zero attached hydrogens (tertiary/aromatic N) is 3. The molecule has 3 aromatic rings. The number of carbonyl (C=O) groups is 1. The van der Waals surface area contributed by atoms with Crippen molar-refractivity contribution in [3.05, 3.63) is 35.4 Å². The highest BCUT2D eigenvalue weighted by atomic mass is 19.1. The van der Waals surface area contributed by atoms with Crippen molar-refractivity contribution in [1.82, 2.24) is 19.7 Å². The van der Waals surface area contributed by atoms with Crippen molar-refractivity contribution in [2.24, 2.45) is 7.05 Å². The van der Waals surface area contributed by atoms with Crippen LogP contribution in [0.25, 0.3) is 22.4 Å². The number of aromatic amines is 1. The van der Waals surface area contributed by atoms with E-state index in [0.717, 1.165) is 23.7 Å². The van der Waals surface area contributed by atoms with Gasteiger partial charge in [-0.2, -0.15) is 5.10 Å². The first-order chi connectivity index (χ1) is 9.99. The summed E-state index contributed by atoms with van der Waals surface area (Å²) in [7, 11) is 1.81. The van der Waals surface area contributed by atoms with Gasteiger partial charge in [-0.25, -0.2) is 14.2 Å². The van der Waals surface area contributed by atoms with Crippen LogP contribution in [0, 0.1) is 5.82 Å². The van der Waals surface area contributed by atoms with E-state index in [4.69, 9.17) is 5.11 Å². The smallest absolute Gasteiger partial charge is 0.338 e. The monoisotopic (exact) mass is 288 g/mol. The molecule has 1 aromatic carbocycles. The minimum Gasteiger partial charge on any atom is -0.478 e. The number of carboxylic acids is 1. The molecule has 0 aliphatic carbocycles. The molecule has 0 radical (unpaired) electrons. The molecule has 0 atom stereocenters. The lowest BCUT2D eigenvalue weighted by atomic mass is 10.2. The molecule has 6 nitrogen and oxygen atoms in total. The summed E-state index contributed by atoms with van der Waals surface area (Å²) in [4.78, 5) is 18.3. The van der Waals surface area contributed by atoms with Crippen LogP contribution in [-0.2, 0) is 13.5 Å². The number of aryl methyl sites for hydroxylation is 2. The number of aromatic carboxylic acids is 1. The molecule has 0 aliphatic heterocycles. The van der Waals surface area contributed by atoms with Gasteiger partial charge in [-0.1, -0.05) is 6.92 Å². The Balaban J connectivity index is 2.19. The van der Waals surface area contributed by atoms with E-state index >= 15 is 0 Å². The molecule has 2 N–H and O–H groups in total. The number of imidazole rings is 1. The van der Waals surface area contributed by atoms with Crippen LogP contribution in [0.15, 0.2) is 18.3 Å². The van der Waals surface area contributed by atoms with Crippen LogP contribution in [0.3, 0.4) is 0 Å². The molecule has 21 heavy (non-hydrogen) atoms. The fourth-order valence-electron chi connectivity index (χ4n) is 2.32. The predicted octanol–water partition coefficient (Wildman–Crippen LogP) is 2.36. The number of hydrogen-bond acceptors (Lipinski definition) is 3. The standard InChI is InChI=1S/C14H13FN4O2/c1-3-10-8(6-19(2)18-10)13-16-11-4-7(14(20)21)9(15)5-12(11)17-13/h4-6H,3H2,1-2H3,(H,16,17)(H,20,21). The van der Waals surface area contributed by atoms with E-state index in [1.807, 2.05) is 20.2 Å². The molecular formula is C14H13FN4O2. The Kier molecular flexibility index (Phi) is 2.97. The lowest BCUT2D eigenvalue weighted by Crippen LogP contribution is -1.99. The summed E-state index contributed by atoms with van der Waals surface area (Å²) in [6.07, 6.45) is 2.56. The highest BCUT2D eigenvalue weighted by Crippen LogP contribution is 2.25. The molecule has 3 rings (SSSR count). The topological polar surface area (TPSA) is 83.8 Å². The molecule has 0 saturated heterocycles. The van der Waals surface area contributed by atoms with Crippen molar-refractivity contribution in [2.45, 2.75) is 13.3 Å². The van der Waals surface area contributed by atoms with Crippen molar-refractivity contribution in [3.63, 3.8) is 0 Å². The molecule has 0 spiro atoms. The molecule has 108 valence electrons. The SMILES string of the molecule is CCc1nn(C)cc1-c1nc2cc(C(=O)O)c(F)cc2[nH]1. The van der Waals surface area contributed by atoms with Crippen LogP contribution < -0.4 is 0 Å². The van der Waals surface area contributed by atoms with E-state index in [-0.39, 0.29) is 5.56 Å². The number of aromatic nitrogens is 4. The van der Waals surface area contributed by atoms with Crippen LogP contribution >= 0.6 is 0 Å². The number of rotatable bonds is 3. The van der Waals surface area contributed by atoms with Gasteiger partial charge >= 0.3 is 5.97 Å². The molecule has 0 fully saturated rings. The van der Waals surface area contributed by atoms with Crippen LogP contribution in [0.1, 0.15) is 23.0 Å². The molecule has 0 saturated carbocycles. The minimum absolute atomic E-state index is 0.387. The Labute approximate surface area is 119 Å². The summed E-state index contributed by atoms with van der Waals surface area (Å²) in [5.74, 6) is -1.54. The van der Waals surface area contributed by atoms with Gasteiger partial charge in [-0.05, 0) is 12.5 Å². The maximum Gasteiger partial charge on any atom is 0.338 e. The van der Waals surface area contributed by atoms with Gasteiger partial charge in [0, 0.05) is 19.3 Å². The number of fused-ring (bicyclic) bond motifs is 1. The molecule has 0 unspecified atom stereocenters. The van der Waals surface area contributed by atoms with Crippen LogP contribution in [0.2, 0.25) is 0 Å². The molecule has 2 heterocycles. The van der Waals surface area contributed by atoms with Crippen molar-refractivity contribution in [3.8, 4) is 11.4 Å². The van der Waals surface area contributed by atoms with E-state index in [1.165, 1.54) is 6.07 Å². The van der Waals surface area contributed by atoms with Crippen molar-refractivity contribution in [2.75, 3.05) is 0 Å². The fourth-order valence-corrected chi connectivity index (χ4v) is 2.32. The zero-order chi connectivity index (χ0) is 15.1. The van der Waals surface area contributed by atoms with Crippen molar-refractivity contribution in [1.29, 1.82) is 0 Å². The average Bonchev–Trinajstić information content (AvgIpc) is 2.99. The minimum atomic E-state index is -1.31. The Morgan fingerprint density at radius 2 is 2.24 bits per heavy atom. The third-order valence-corrected chi connectivity index (χ3v) is 3.30. The number of carboxylic acid groups (broad SMARTS) is 1. The number of H-pyrrole nitrogens is 1. The maximum atomic E-state index is 13.7. The van der Waals surface area contributed by atoms with Gasteiger partial charge in [0.15, 0.2) is 0 Å². The van der Waals surface area contributed by atoms with E-state index in [2.05, 4.69) is 15.1 Å². The Bertz CT molecular complexity index is 850. The Morgan fingerprint density at radius 1 is 1.48 bits per heavy atom. The van der Waals surface area contributed by atoms with E-state index in [0.29, 0.717) is 16.9 Å². The van der Waals surface area contributed by atoms with Gasteiger partial charge in [0.25, 0.3) is 0 Å². The highest BCUT2D eigenvalue weighted by Gasteiger charge is 2.16. The maximum absolute atomic E-state index is 13.7.